The van der Waals surface area contributed by atoms with Crippen LogP contribution in [-0.2, 0) is 87.8 Å². The molecule has 2 aromatic rings. The van der Waals surface area contributed by atoms with Crippen molar-refractivity contribution in [2.24, 2.45) is 46.1 Å². The van der Waals surface area contributed by atoms with E-state index in [1.807, 2.05) is 6.92 Å². The van der Waals surface area contributed by atoms with E-state index in [-0.39, 0.29) is 77.4 Å². The first-order valence-electron chi connectivity index (χ1n) is 36.7. The first kappa shape index (κ1) is 88.1. The highest BCUT2D eigenvalue weighted by Gasteiger charge is 2.54. The molecule has 6 fully saturated rings. The molecule has 30 unspecified atom stereocenters. The Hall–Kier alpha value is -5.49. The maximum atomic E-state index is 13.6. The van der Waals surface area contributed by atoms with E-state index >= 15 is 0 Å². The summed E-state index contributed by atoms with van der Waals surface area (Å²) in [6, 6.07) is -5.91. The lowest BCUT2D eigenvalue weighted by Crippen LogP contribution is -2.68. The third-order valence-electron chi connectivity index (χ3n) is 20.5. The SMILES string of the molecule is CCCN(CC(=O)N(CCCn1cc(CCCC(=O)NCC2OC(OC3C(N)CC(N)C(OC4OC(CO)C(O)C(N)C4O)C3O)C(O)C(O)C2O)nn1)CC(N)=O)C(=O)CNCCCn1cc(CCCC(=O)NCC2OC(OC3C(N)CC(N)C(OC4OC(CO)C(C)C(N)C4O)C3O)C(O)C(O)C2O)nn1. The number of carbonyl (C=O) groups is 5. The van der Waals surface area contributed by atoms with E-state index in [1.165, 1.54) is 14.5 Å². The van der Waals surface area contributed by atoms with Crippen LogP contribution in [0.2, 0.25) is 0 Å². The number of nitrogens with two attached hydrogens (primary N) is 7. The minimum Gasteiger partial charge on any atom is -0.394 e. The molecule has 44 heteroatoms. The first-order valence-corrected chi connectivity index (χ1v) is 36.7. The lowest BCUT2D eigenvalue weighted by molar-refractivity contribution is -0.332. The number of amides is 5. The fourth-order valence-electron chi connectivity index (χ4n) is 14.0. The van der Waals surface area contributed by atoms with Crippen molar-refractivity contribution in [3.8, 4) is 0 Å². The number of hydrogen-bond donors (Lipinski definition) is 23. The highest BCUT2D eigenvalue weighted by molar-refractivity contribution is 5.88. The largest absolute Gasteiger partial charge is 0.394 e. The topological polar surface area (TPSA) is 708 Å². The Morgan fingerprint density at radius 1 is 0.509 bits per heavy atom. The van der Waals surface area contributed by atoms with Crippen molar-refractivity contribution in [3.05, 3.63) is 23.8 Å². The predicted molar refractivity (Wildman–Crippen MR) is 367 cm³/mol. The number of carbonyl (C=O) groups excluding carboxylic acids is 5. The molecule has 30 N–H and O–H groups in total. The van der Waals surface area contributed by atoms with Gasteiger partial charge in [-0.3, -0.25) is 33.3 Å². The summed E-state index contributed by atoms with van der Waals surface area (Å²) in [6.45, 7) is 2.45. The minimum atomic E-state index is -1.86. The van der Waals surface area contributed by atoms with E-state index in [1.54, 1.807) is 24.0 Å². The molecule has 6 heterocycles. The molecule has 4 saturated heterocycles. The van der Waals surface area contributed by atoms with E-state index in [9.17, 15) is 90.4 Å². The molecule has 108 heavy (non-hydrogen) atoms. The van der Waals surface area contributed by atoms with Crippen LogP contribution in [0.1, 0.15) is 83.0 Å². The van der Waals surface area contributed by atoms with Gasteiger partial charge in [-0.25, -0.2) is 0 Å². The summed E-state index contributed by atoms with van der Waals surface area (Å²) in [4.78, 5) is 67.9. The van der Waals surface area contributed by atoms with E-state index in [0.717, 1.165) is 0 Å². The number of hydrogen-bond acceptors (Lipinski definition) is 37. The van der Waals surface area contributed by atoms with E-state index in [4.69, 9.17) is 78.0 Å². The van der Waals surface area contributed by atoms with E-state index in [2.05, 4.69) is 36.6 Å². The van der Waals surface area contributed by atoms with Crippen LogP contribution in [0, 0.1) is 5.92 Å². The van der Waals surface area contributed by atoms with Crippen molar-refractivity contribution in [2.75, 3.05) is 65.6 Å². The molecular formula is C64H114N18O26. The number of aromatic nitrogens is 6. The number of rotatable bonds is 38. The molecular weight excluding hydrogens is 1440 g/mol. The molecule has 616 valence electrons. The average molecular weight is 1550 g/mol. The van der Waals surface area contributed by atoms with Crippen LogP contribution in [0.5, 0.6) is 0 Å². The number of aliphatic hydroxyl groups is 13. The summed E-state index contributed by atoms with van der Waals surface area (Å²) >= 11 is 0. The lowest BCUT2D eigenvalue weighted by Gasteiger charge is -2.48. The second-order valence-corrected chi connectivity index (χ2v) is 28.7. The predicted octanol–water partition coefficient (Wildman–Crippen LogP) is -13.8. The van der Waals surface area contributed by atoms with Crippen LogP contribution in [0.25, 0.3) is 0 Å². The number of nitrogens with zero attached hydrogens (tertiary/aromatic N) is 8. The van der Waals surface area contributed by atoms with Crippen molar-refractivity contribution in [2.45, 2.75) is 275 Å². The maximum Gasteiger partial charge on any atom is 0.242 e. The van der Waals surface area contributed by atoms with Crippen molar-refractivity contribution in [1.29, 1.82) is 0 Å². The fourth-order valence-corrected chi connectivity index (χ4v) is 14.0. The summed E-state index contributed by atoms with van der Waals surface area (Å²) in [5, 5.41) is 164. The Morgan fingerprint density at radius 3 is 1.37 bits per heavy atom. The second-order valence-electron chi connectivity index (χ2n) is 28.7. The van der Waals surface area contributed by atoms with Gasteiger partial charge in [-0.15, -0.1) is 10.2 Å². The van der Waals surface area contributed by atoms with Gasteiger partial charge in [0.25, 0.3) is 0 Å². The molecule has 0 spiro atoms. The van der Waals surface area contributed by atoms with Crippen LogP contribution in [-0.4, -0.2) is 379 Å². The van der Waals surface area contributed by atoms with Gasteiger partial charge in [-0.1, -0.05) is 24.3 Å². The summed E-state index contributed by atoms with van der Waals surface area (Å²) in [7, 11) is 0. The van der Waals surface area contributed by atoms with Crippen LogP contribution in [0.15, 0.2) is 12.4 Å². The minimum absolute atomic E-state index is 0.0182. The highest BCUT2D eigenvalue weighted by Crippen LogP contribution is 2.35. The Labute approximate surface area is 622 Å². The maximum absolute atomic E-state index is 13.6. The van der Waals surface area contributed by atoms with Gasteiger partial charge in [0.2, 0.25) is 29.5 Å². The number of primary amides is 1. The quantitative estimate of drug-likeness (QED) is 0.0278. The van der Waals surface area contributed by atoms with Crippen LogP contribution < -0.4 is 56.1 Å². The zero-order valence-electron chi connectivity index (χ0n) is 60.5. The third kappa shape index (κ3) is 23.1. The van der Waals surface area contributed by atoms with Crippen LogP contribution >= 0.6 is 0 Å². The van der Waals surface area contributed by atoms with Gasteiger partial charge in [0.05, 0.1) is 56.4 Å². The molecule has 0 radical (unpaired) electrons. The van der Waals surface area contributed by atoms with Gasteiger partial charge in [0.1, 0.15) is 110 Å². The average Bonchev–Trinajstić information content (AvgIpc) is 1.17. The van der Waals surface area contributed by atoms with E-state index < -0.39 is 227 Å². The number of aryl methyl sites for hydroxylation is 4. The Balaban J connectivity index is 0.690. The first-order chi connectivity index (χ1) is 51.3. The number of nitrogens with one attached hydrogen (secondary N) is 3. The molecule has 30 atom stereocenters. The van der Waals surface area contributed by atoms with Gasteiger partial charge < -0.3 is 170 Å². The number of ether oxygens (including phenoxy) is 8. The summed E-state index contributed by atoms with van der Waals surface area (Å²) < 4.78 is 49.6. The smallest absolute Gasteiger partial charge is 0.242 e. The molecule has 8 rings (SSSR count). The summed E-state index contributed by atoms with van der Waals surface area (Å²) in [5.74, 6) is -2.93. The molecule has 44 nitrogen and oxygen atoms in total. The van der Waals surface area contributed by atoms with E-state index in [0.29, 0.717) is 69.4 Å². The zero-order chi connectivity index (χ0) is 79.0. The molecule has 0 bridgehead atoms. The lowest BCUT2D eigenvalue weighted by atomic mass is 9.84. The molecule has 2 saturated carbocycles. The second kappa shape index (κ2) is 41.3. The van der Waals surface area contributed by atoms with Crippen LogP contribution in [0.4, 0.5) is 0 Å². The normalized spacial score (nSPS) is 37.3. The molecule has 4 aliphatic heterocycles. The van der Waals surface area contributed by atoms with Crippen molar-refractivity contribution < 1.29 is 128 Å². The summed E-state index contributed by atoms with van der Waals surface area (Å²) in [5.41, 5.74) is 44.0. The zero-order valence-corrected chi connectivity index (χ0v) is 60.5. The Bertz CT molecular complexity index is 3120. The Morgan fingerprint density at radius 2 is 0.926 bits per heavy atom. The van der Waals surface area contributed by atoms with Crippen molar-refractivity contribution >= 4 is 29.5 Å². The molecule has 6 aliphatic rings. The molecule has 0 aromatic carbocycles. The molecule has 2 aliphatic carbocycles. The third-order valence-corrected chi connectivity index (χ3v) is 20.5. The monoisotopic (exact) mass is 1550 g/mol. The Kier molecular flexibility index (Phi) is 33.7. The van der Waals surface area contributed by atoms with Gasteiger partial charge in [-0.05, 0) is 64.3 Å². The van der Waals surface area contributed by atoms with Gasteiger partial charge in [0, 0.05) is 101 Å². The molecule has 2 aromatic heterocycles. The van der Waals surface area contributed by atoms with Crippen molar-refractivity contribution in [3.63, 3.8) is 0 Å². The van der Waals surface area contributed by atoms with Gasteiger partial charge in [-0.2, -0.15) is 0 Å². The van der Waals surface area contributed by atoms with Crippen LogP contribution in [0.3, 0.4) is 0 Å². The fraction of sp³-hybridized carbons (Fsp3) is 0.859. The molecule has 5 amide bonds. The van der Waals surface area contributed by atoms with Gasteiger partial charge >= 0.3 is 0 Å². The van der Waals surface area contributed by atoms with Crippen molar-refractivity contribution in [1.82, 2.24) is 55.7 Å². The standard InChI is InChI=1S/C64H114N18O26/c1-3-13-79(42(88)21-72-12-6-15-81-22-29(75-77-81)8-4-10-40(86)73-19-35-47(91)51(95)53(97)63(101-35)107-59-33(67)17-31(65)57(55(59)99)105-61-49(93)44(70)28(2)37(26-83)103-61)25-43(89)80(24-39(69)85)14-7-16-82-23-30(76-78-82)9-5-11-41(87)74-20-36-48(92)52(96)54(98)64(102-36)108-60-34(68)18-32(66)58(56(60)100)106-62-50(94)45(71)46(90)38(27-84)104-62/h22-23,28,31-38,44-64,72,83-84,90-100H,3-21,24-27,65-68,70-71H2,1-2H3,(H2,69,85)(H,73,86)(H,74,87). The number of aliphatic hydroxyl groups excluding tert-OH is 13. The summed E-state index contributed by atoms with van der Waals surface area (Å²) in [6.07, 6.45) is -28.4. The highest BCUT2D eigenvalue weighted by atomic mass is 16.7. The van der Waals surface area contributed by atoms with Gasteiger partial charge in [0.15, 0.2) is 25.2 Å².